The lowest BCUT2D eigenvalue weighted by molar-refractivity contribution is 0.0111. The lowest BCUT2D eigenvalue weighted by Gasteiger charge is -2.39. The molecular formula is C19H24FN3O2. The zero-order valence-corrected chi connectivity index (χ0v) is 14.4. The molecule has 1 fully saturated rings. The fraction of sp³-hybridized carbons (Fsp3) is 0.474. The number of halogens is 1. The third kappa shape index (κ3) is 3.90. The Labute approximate surface area is 147 Å². The number of hydrogen-bond acceptors (Lipinski definition) is 3. The summed E-state index contributed by atoms with van der Waals surface area (Å²) in [7, 11) is 0. The van der Waals surface area contributed by atoms with Gasteiger partial charge in [0, 0.05) is 19.3 Å². The first kappa shape index (κ1) is 17.6. The highest BCUT2D eigenvalue weighted by Crippen LogP contribution is 2.24. The lowest BCUT2D eigenvalue weighted by Crippen LogP contribution is -2.52. The summed E-state index contributed by atoms with van der Waals surface area (Å²) in [6.45, 7) is 3.31. The summed E-state index contributed by atoms with van der Waals surface area (Å²) in [6, 6.07) is 7.71. The van der Waals surface area contributed by atoms with Gasteiger partial charge in [-0.1, -0.05) is 19.1 Å². The molecule has 2 aromatic rings. The number of hydrogen-bond donors (Lipinski definition) is 1. The number of aliphatic hydroxyl groups is 1. The number of piperidine rings is 1. The molecule has 1 aliphatic heterocycles. The van der Waals surface area contributed by atoms with Crippen LogP contribution in [0.15, 0.2) is 36.5 Å². The van der Waals surface area contributed by atoms with Crippen molar-refractivity contribution in [1.29, 1.82) is 0 Å². The molecule has 1 aromatic carbocycles. The van der Waals surface area contributed by atoms with Gasteiger partial charge in [-0.2, -0.15) is 5.10 Å². The summed E-state index contributed by atoms with van der Waals surface area (Å²) < 4.78 is 15.2. The fourth-order valence-electron chi connectivity index (χ4n) is 3.49. The molecule has 1 amide bonds. The molecule has 0 spiro atoms. The third-order valence-electron chi connectivity index (χ3n) is 4.71. The lowest BCUT2D eigenvalue weighted by atomic mass is 9.92. The summed E-state index contributed by atoms with van der Waals surface area (Å²) in [6.07, 6.45) is 3.75. The third-order valence-corrected chi connectivity index (χ3v) is 4.71. The van der Waals surface area contributed by atoms with E-state index in [1.54, 1.807) is 27.9 Å². The second-order valence-corrected chi connectivity index (χ2v) is 6.55. The van der Waals surface area contributed by atoms with Crippen LogP contribution in [-0.2, 0) is 13.0 Å². The topological polar surface area (TPSA) is 58.4 Å². The highest BCUT2D eigenvalue weighted by atomic mass is 19.1. The van der Waals surface area contributed by atoms with Crippen molar-refractivity contribution in [2.24, 2.45) is 0 Å². The van der Waals surface area contributed by atoms with Gasteiger partial charge in [0.05, 0.1) is 12.1 Å². The minimum Gasteiger partial charge on any atom is -0.391 e. The number of nitrogens with zero attached hydrogens (tertiary/aromatic N) is 3. The van der Waals surface area contributed by atoms with Crippen molar-refractivity contribution in [3.05, 3.63) is 53.6 Å². The summed E-state index contributed by atoms with van der Waals surface area (Å²) in [5.74, 6) is -0.423. The van der Waals surface area contributed by atoms with Crippen molar-refractivity contribution < 1.29 is 14.3 Å². The Hall–Kier alpha value is -2.21. The van der Waals surface area contributed by atoms with Gasteiger partial charge in [-0.3, -0.25) is 9.48 Å². The van der Waals surface area contributed by atoms with E-state index in [9.17, 15) is 14.3 Å². The van der Waals surface area contributed by atoms with Crippen LogP contribution in [0.1, 0.15) is 42.2 Å². The molecule has 2 heterocycles. The number of aryl methyl sites for hydroxylation is 1. The summed E-state index contributed by atoms with van der Waals surface area (Å²) in [5.41, 5.74) is 1.33. The highest BCUT2D eigenvalue weighted by molar-refractivity contribution is 5.92. The quantitative estimate of drug-likeness (QED) is 0.906. The number of amides is 1. The summed E-state index contributed by atoms with van der Waals surface area (Å²) in [4.78, 5) is 14.8. The molecule has 0 bridgehead atoms. The molecule has 5 nitrogen and oxygen atoms in total. The first-order valence-electron chi connectivity index (χ1n) is 8.85. The molecule has 6 heteroatoms. The monoisotopic (exact) mass is 345 g/mol. The number of benzene rings is 1. The van der Waals surface area contributed by atoms with Crippen LogP contribution in [0.2, 0.25) is 0 Å². The average Bonchev–Trinajstić information content (AvgIpc) is 3.05. The van der Waals surface area contributed by atoms with Gasteiger partial charge < -0.3 is 10.0 Å². The normalized spacial score (nSPS) is 20.7. The van der Waals surface area contributed by atoms with Gasteiger partial charge in [0.1, 0.15) is 11.5 Å². The van der Waals surface area contributed by atoms with E-state index in [2.05, 4.69) is 5.10 Å². The van der Waals surface area contributed by atoms with Crippen LogP contribution in [0.25, 0.3) is 0 Å². The molecule has 1 saturated heterocycles. The van der Waals surface area contributed by atoms with E-state index < -0.39 is 6.10 Å². The Morgan fingerprint density at radius 2 is 2.24 bits per heavy atom. The van der Waals surface area contributed by atoms with Crippen LogP contribution < -0.4 is 0 Å². The summed E-state index contributed by atoms with van der Waals surface area (Å²) in [5, 5.41) is 14.7. The van der Waals surface area contributed by atoms with Crippen LogP contribution in [-0.4, -0.2) is 44.4 Å². The van der Waals surface area contributed by atoms with Crippen LogP contribution in [0.4, 0.5) is 4.39 Å². The molecule has 1 aromatic heterocycles. The van der Waals surface area contributed by atoms with E-state index in [0.717, 1.165) is 18.4 Å². The number of aromatic nitrogens is 2. The van der Waals surface area contributed by atoms with Gasteiger partial charge in [0.25, 0.3) is 5.91 Å². The first-order valence-corrected chi connectivity index (χ1v) is 8.85. The zero-order chi connectivity index (χ0) is 17.8. The van der Waals surface area contributed by atoms with Gasteiger partial charge in [-0.05, 0) is 49.4 Å². The molecular weight excluding hydrogens is 321 g/mol. The fourth-order valence-corrected chi connectivity index (χ4v) is 3.49. The maximum Gasteiger partial charge on any atom is 0.272 e. The Morgan fingerprint density at radius 1 is 1.40 bits per heavy atom. The van der Waals surface area contributed by atoms with Crippen molar-refractivity contribution in [2.75, 3.05) is 6.54 Å². The Bertz CT molecular complexity index is 731. The van der Waals surface area contributed by atoms with E-state index in [1.807, 2.05) is 13.0 Å². The highest BCUT2D eigenvalue weighted by Gasteiger charge is 2.34. The van der Waals surface area contributed by atoms with Gasteiger partial charge in [-0.15, -0.1) is 0 Å². The predicted molar refractivity (Wildman–Crippen MR) is 92.7 cm³/mol. The number of rotatable bonds is 5. The maximum atomic E-state index is 13.5. The largest absolute Gasteiger partial charge is 0.391 e. The molecule has 134 valence electrons. The van der Waals surface area contributed by atoms with Gasteiger partial charge in [-0.25, -0.2) is 4.39 Å². The molecule has 0 radical (unpaired) electrons. The average molecular weight is 345 g/mol. The van der Waals surface area contributed by atoms with Crippen molar-refractivity contribution >= 4 is 5.91 Å². The molecule has 0 saturated carbocycles. The van der Waals surface area contributed by atoms with Gasteiger partial charge >= 0.3 is 0 Å². The van der Waals surface area contributed by atoms with Crippen LogP contribution >= 0.6 is 0 Å². The molecule has 0 unspecified atom stereocenters. The van der Waals surface area contributed by atoms with E-state index in [4.69, 9.17) is 0 Å². The Kier molecular flexibility index (Phi) is 5.48. The van der Waals surface area contributed by atoms with E-state index in [1.165, 1.54) is 12.1 Å². The molecule has 25 heavy (non-hydrogen) atoms. The molecule has 0 aliphatic carbocycles. The molecule has 1 aliphatic rings. The van der Waals surface area contributed by atoms with E-state index >= 15 is 0 Å². The Morgan fingerprint density at radius 3 is 3.00 bits per heavy atom. The van der Waals surface area contributed by atoms with E-state index in [-0.39, 0.29) is 17.8 Å². The van der Waals surface area contributed by atoms with Crippen molar-refractivity contribution in [1.82, 2.24) is 14.7 Å². The minimum atomic E-state index is -0.608. The number of carbonyl (C=O) groups excluding carboxylic acids is 1. The van der Waals surface area contributed by atoms with Crippen LogP contribution in [0.3, 0.4) is 0 Å². The van der Waals surface area contributed by atoms with E-state index in [0.29, 0.717) is 31.6 Å². The van der Waals surface area contributed by atoms with Crippen LogP contribution in [0, 0.1) is 5.82 Å². The maximum absolute atomic E-state index is 13.5. The smallest absolute Gasteiger partial charge is 0.272 e. The number of likely N-dealkylation sites (tertiary alicyclic amines) is 1. The number of aliphatic hydroxyl groups excluding tert-OH is 1. The van der Waals surface area contributed by atoms with Crippen molar-refractivity contribution in [3.8, 4) is 0 Å². The first-order chi connectivity index (χ1) is 12.1. The molecule has 2 atom stereocenters. The van der Waals surface area contributed by atoms with Gasteiger partial charge in [0.15, 0.2) is 0 Å². The number of carbonyl (C=O) groups is 1. The van der Waals surface area contributed by atoms with Crippen molar-refractivity contribution in [3.63, 3.8) is 0 Å². The van der Waals surface area contributed by atoms with Crippen LogP contribution in [0.5, 0.6) is 0 Å². The predicted octanol–water partition coefficient (Wildman–Crippen LogP) is 2.64. The SMILES string of the molecule is CCCn1nccc1C(=O)N1CCC[C@H](O)[C@@H]1Cc1cccc(F)c1. The van der Waals surface area contributed by atoms with Gasteiger partial charge in [0.2, 0.25) is 0 Å². The molecule has 3 rings (SSSR count). The summed E-state index contributed by atoms with van der Waals surface area (Å²) >= 11 is 0. The molecule has 1 N–H and O–H groups in total. The zero-order valence-electron chi connectivity index (χ0n) is 14.4. The standard InChI is InChI=1S/C19H24FN3O2/c1-2-10-23-16(8-9-21-23)19(25)22-11-4-7-18(24)17(22)13-14-5-3-6-15(20)12-14/h3,5-6,8-9,12,17-18,24H,2,4,7,10-11,13H2,1H3/t17-,18-/m0/s1. The second-order valence-electron chi connectivity index (χ2n) is 6.55. The second kappa shape index (κ2) is 7.78. The minimum absolute atomic E-state index is 0.119. The Balaban J connectivity index is 1.84. The van der Waals surface area contributed by atoms with Crippen molar-refractivity contribution in [2.45, 2.75) is 51.3 Å².